The Morgan fingerprint density at radius 3 is 2.70 bits per heavy atom. The van der Waals surface area contributed by atoms with Gasteiger partial charge in [0.2, 0.25) is 0 Å². The maximum Gasteiger partial charge on any atom is 0.416 e. The molecule has 0 aliphatic carbocycles. The van der Waals surface area contributed by atoms with Crippen LogP contribution in [0.15, 0.2) is 36.7 Å². The van der Waals surface area contributed by atoms with E-state index < -0.39 is 23.6 Å². The van der Waals surface area contributed by atoms with Crippen molar-refractivity contribution in [3.8, 4) is 5.88 Å². The number of primary amides is 1. The first-order valence-electron chi connectivity index (χ1n) is 6.17. The zero-order chi connectivity index (χ0) is 17.0. The molecule has 1 amide bonds. The van der Waals surface area contributed by atoms with Crippen LogP contribution in [-0.4, -0.2) is 21.8 Å². The van der Waals surface area contributed by atoms with Gasteiger partial charge in [0.15, 0.2) is 5.69 Å². The smallest absolute Gasteiger partial charge is 0.402 e. The first kappa shape index (κ1) is 16.3. The maximum absolute atomic E-state index is 12.6. The number of aromatic amines is 1. The van der Waals surface area contributed by atoms with Crippen LogP contribution >= 0.6 is 0 Å². The minimum absolute atomic E-state index is 0.161. The molecule has 2 aromatic rings. The van der Waals surface area contributed by atoms with Gasteiger partial charge in [-0.3, -0.25) is 4.79 Å². The van der Waals surface area contributed by atoms with Crippen molar-refractivity contribution in [2.24, 2.45) is 5.73 Å². The average Bonchev–Trinajstić information content (AvgIpc) is 2.93. The molecule has 120 valence electrons. The van der Waals surface area contributed by atoms with E-state index in [4.69, 9.17) is 10.5 Å². The lowest BCUT2D eigenvalue weighted by molar-refractivity contribution is -0.137. The maximum atomic E-state index is 12.6. The lowest BCUT2D eigenvalue weighted by Gasteiger charge is -2.06. The number of nitrogens with two attached hydrogens (primary N) is 1. The summed E-state index contributed by atoms with van der Waals surface area (Å²) in [6, 6.07) is 4.40. The number of nitrogens with one attached hydrogen (secondary N) is 1. The SMILES string of the molecule is NC(=O)c1[nH]cnc1OC(=O)/C=C/c1cccc(C(F)(F)F)c1. The van der Waals surface area contributed by atoms with Crippen molar-refractivity contribution >= 4 is 18.0 Å². The number of amides is 1. The Morgan fingerprint density at radius 2 is 2.04 bits per heavy atom. The number of carbonyl (C=O) groups excluding carboxylic acids is 2. The first-order chi connectivity index (χ1) is 10.8. The van der Waals surface area contributed by atoms with E-state index in [-0.39, 0.29) is 17.1 Å². The van der Waals surface area contributed by atoms with Crippen molar-refractivity contribution in [3.05, 3.63) is 53.5 Å². The molecule has 0 aliphatic heterocycles. The molecule has 0 saturated heterocycles. The largest absolute Gasteiger partial charge is 0.416 e. The molecule has 23 heavy (non-hydrogen) atoms. The molecule has 1 heterocycles. The van der Waals surface area contributed by atoms with Crippen molar-refractivity contribution < 1.29 is 27.5 Å². The van der Waals surface area contributed by atoms with E-state index in [1.165, 1.54) is 12.1 Å². The standard InChI is InChI=1S/C14H10F3N3O3/c15-14(16,17)9-3-1-2-8(6-9)4-5-10(21)23-13-11(12(18)22)19-7-20-13/h1-7H,(H2,18,22)(H,19,20)/b5-4+. The van der Waals surface area contributed by atoms with E-state index in [0.29, 0.717) is 0 Å². The number of hydrogen-bond acceptors (Lipinski definition) is 4. The molecule has 0 bridgehead atoms. The molecule has 0 radical (unpaired) electrons. The fourth-order valence-corrected chi connectivity index (χ4v) is 1.65. The highest BCUT2D eigenvalue weighted by Crippen LogP contribution is 2.29. The second-order valence-electron chi connectivity index (χ2n) is 4.32. The minimum Gasteiger partial charge on any atom is -0.402 e. The summed E-state index contributed by atoms with van der Waals surface area (Å²) in [7, 11) is 0. The minimum atomic E-state index is -4.48. The van der Waals surface area contributed by atoms with Crippen LogP contribution < -0.4 is 10.5 Å². The Morgan fingerprint density at radius 1 is 1.30 bits per heavy atom. The van der Waals surface area contributed by atoms with Gasteiger partial charge >= 0.3 is 12.1 Å². The Balaban J connectivity index is 2.10. The predicted molar refractivity (Wildman–Crippen MR) is 73.2 cm³/mol. The average molecular weight is 325 g/mol. The second-order valence-corrected chi connectivity index (χ2v) is 4.32. The van der Waals surface area contributed by atoms with E-state index in [1.807, 2.05) is 0 Å². The van der Waals surface area contributed by atoms with Crippen LogP contribution in [0.25, 0.3) is 6.08 Å². The van der Waals surface area contributed by atoms with E-state index in [9.17, 15) is 22.8 Å². The van der Waals surface area contributed by atoms with Gasteiger partial charge in [-0.2, -0.15) is 13.2 Å². The van der Waals surface area contributed by atoms with Gasteiger partial charge in [-0.1, -0.05) is 12.1 Å². The number of hydrogen-bond donors (Lipinski definition) is 2. The van der Waals surface area contributed by atoms with Gasteiger partial charge in [0.25, 0.3) is 11.8 Å². The van der Waals surface area contributed by atoms with Gasteiger partial charge in [0.1, 0.15) is 0 Å². The van der Waals surface area contributed by atoms with Gasteiger partial charge in [0, 0.05) is 6.08 Å². The predicted octanol–water partition coefficient (Wildman–Crippen LogP) is 2.15. The molecule has 1 aromatic heterocycles. The molecule has 0 aliphatic rings. The molecule has 6 nitrogen and oxygen atoms in total. The number of aromatic nitrogens is 2. The number of rotatable bonds is 4. The topological polar surface area (TPSA) is 98.1 Å². The van der Waals surface area contributed by atoms with E-state index in [1.54, 1.807) is 0 Å². The fraction of sp³-hybridized carbons (Fsp3) is 0.0714. The summed E-state index contributed by atoms with van der Waals surface area (Å²) in [6.45, 7) is 0. The number of imidazole rings is 1. The quantitative estimate of drug-likeness (QED) is 0.664. The summed E-state index contributed by atoms with van der Waals surface area (Å²) in [5.74, 6) is -2.10. The van der Waals surface area contributed by atoms with E-state index in [0.717, 1.165) is 30.6 Å². The number of halogens is 3. The summed E-state index contributed by atoms with van der Waals surface area (Å²) < 4.78 is 42.5. The molecule has 9 heteroatoms. The summed E-state index contributed by atoms with van der Waals surface area (Å²) in [6.07, 6.45) is -1.31. The number of esters is 1. The molecule has 0 fully saturated rings. The van der Waals surface area contributed by atoms with Crippen molar-refractivity contribution in [1.82, 2.24) is 9.97 Å². The third kappa shape index (κ3) is 4.19. The van der Waals surface area contributed by atoms with Crippen LogP contribution in [0, 0.1) is 0 Å². The lowest BCUT2D eigenvalue weighted by atomic mass is 10.1. The van der Waals surface area contributed by atoms with Crippen LogP contribution in [0.3, 0.4) is 0 Å². The zero-order valence-corrected chi connectivity index (χ0v) is 11.4. The summed E-state index contributed by atoms with van der Waals surface area (Å²) in [4.78, 5) is 28.6. The molecule has 0 spiro atoms. The zero-order valence-electron chi connectivity index (χ0n) is 11.4. The molecule has 1 aromatic carbocycles. The Bertz CT molecular complexity index is 766. The van der Waals surface area contributed by atoms with Gasteiger partial charge in [0.05, 0.1) is 11.9 Å². The van der Waals surface area contributed by atoms with Crippen LogP contribution in [0.2, 0.25) is 0 Å². The van der Waals surface area contributed by atoms with Gasteiger partial charge < -0.3 is 15.5 Å². The number of carbonyl (C=O) groups is 2. The molecular weight excluding hydrogens is 315 g/mol. The van der Waals surface area contributed by atoms with Gasteiger partial charge in [-0.05, 0) is 23.8 Å². The van der Waals surface area contributed by atoms with Crippen molar-refractivity contribution in [3.63, 3.8) is 0 Å². The number of alkyl halides is 3. The Hall–Kier alpha value is -3.10. The molecule has 3 N–H and O–H groups in total. The number of nitrogens with zero attached hydrogens (tertiary/aromatic N) is 1. The summed E-state index contributed by atoms with van der Waals surface area (Å²) in [5.41, 5.74) is 4.17. The molecule has 0 unspecified atom stereocenters. The van der Waals surface area contributed by atoms with E-state index >= 15 is 0 Å². The van der Waals surface area contributed by atoms with Crippen LogP contribution in [0.4, 0.5) is 13.2 Å². The number of ether oxygens (including phenoxy) is 1. The Labute approximate surface area is 127 Å². The van der Waals surface area contributed by atoms with Crippen LogP contribution in [0.5, 0.6) is 5.88 Å². The molecule has 0 saturated carbocycles. The van der Waals surface area contributed by atoms with Gasteiger partial charge in [-0.15, -0.1) is 0 Å². The van der Waals surface area contributed by atoms with Crippen LogP contribution in [0.1, 0.15) is 21.6 Å². The highest BCUT2D eigenvalue weighted by Gasteiger charge is 2.30. The summed E-state index contributed by atoms with van der Waals surface area (Å²) in [5, 5.41) is 0. The number of benzene rings is 1. The fourth-order valence-electron chi connectivity index (χ4n) is 1.65. The molecular formula is C14H10F3N3O3. The first-order valence-corrected chi connectivity index (χ1v) is 6.17. The lowest BCUT2D eigenvalue weighted by Crippen LogP contribution is -2.15. The monoisotopic (exact) mass is 325 g/mol. The normalized spacial score (nSPS) is 11.6. The van der Waals surface area contributed by atoms with Gasteiger partial charge in [-0.25, -0.2) is 9.78 Å². The number of H-pyrrole nitrogens is 1. The summed E-state index contributed by atoms with van der Waals surface area (Å²) >= 11 is 0. The van der Waals surface area contributed by atoms with Crippen LogP contribution in [-0.2, 0) is 11.0 Å². The van der Waals surface area contributed by atoms with Crippen molar-refractivity contribution in [2.75, 3.05) is 0 Å². The van der Waals surface area contributed by atoms with Crippen molar-refractivity contribution in [2.45, 2.75) is 6.18 Å². The Kier molecular flexibility index (Phi) is 4.49. The second kappa shape index (κ2) is 6.34. The highest BCUT2D eigenvalue weighted by atomic mass is 19.4. The third-order valence-corrected chi connectivity index (χ3v) is 2.67. The van der Waals surface area contributed by atoms with E-state index in [2.05, 4.69) is 9.97 Å². The highest BCUT2D eigenvalue weighted by molar-refractivity contribution is 5.95. The molecule has 2 rings (SSSR count). The van der Waals surface area contributed by atoms with Crippen molar-refractivity contribution in [1.29, 1.82) is 0 Å². The third-order valence-electron chi connectivity index (χ3n) is 2.67. The molecule has 0 atom stereocenters.